The van der Waals surface area contributed by atoms with Crippen molar-refractivity contribution >= 4 is 15.9 Å². The van der Waals surface area contributed by atoms with Gasteiger partial charge >= 0.3 is 0 Å². The molecule has 1 aliphatic rings. The van der Waals surface area contributed by atoms with Crippen LogP contribution in [-0.2, 0) is 0 Å². The van der Waals surface area contributed by atoms with E-state index in [2.05, 4.69) is 27.9 Å². The average Bonchev–Trinajstić information content (AvgIpc) is 2.32. The quantitative estimate of drug-likeness (QED) is 0.867. The minimum Gasteiger partial charge on any atom is -0.388 e. The second-order valence-corrected chi connectivity index (χ2v) is 6.33. The van der Waals surface area contributed by atoms with Crippen LogP contribution in [0.3, 0.4) is 0 Å². The largest absolute Gasteiger partial charge is 0.388 e. The fourth-order valence-electron chi connectivity index (χ4n) is 2.40. The van der Waals surface area contributed by atoms with E-state index < -0.39 is 0 Å². The van der Waals surface area contributed by atoms with Crippen LogP contribution in [-0.4, -0.2) is 30.1 Å². The first-order valence-electron chi connectivity index (χ1n) is 6.77. The normalized spacial score (nSPS) is 17.8. The molecule has 100 valence electrons. The molecule has 0 spiro atoms. The summed E-state index contributed by atoms with van der Waals surface area (Å²) in [6.45, 7) is 2.15. The molecule has 0 aromatic heterocycles. The molecule has 0 radical (unpaired) electrons. The third-order valence-electron chi connectivity index (χ3n) is 3.83. The van der Waals surface area contributed by atoms with Crippen LogP contribution in [0.4, 0.5) is 0 Å². The number of hydrogen-bond acceptors (Lipinski definition) is 2. The minimum atomic E-state index is -0.345. The number of halogens is 1. The molecule has 1 aromatic carbocycles. The molecule has 1 unspecified atom stereocenters. The molecular formula is C15H22BrNO. The summed E-state index contributed by atoms with van der Waals surface area (Å²) in [6.07, 6.45) is 4.64. The number of benzene rings is 1. The standard InChI is InChI=1S/C15H22BrNO/c1-17(11-12-3-2-4-12)10-9-15(18)13-5-7-14(16)8-6-13/h5-8,12,15,18H,2-4,9-11H2,1H3. The highest BCUT2D eigenvalue weighted by atomic mass is 79.9. The monoisotopic (exact) mass is 311 g/mol. The summed E-state index contributed by atoms with van der Waals surface area (Å²) in [7, 11) is 2.16. The summed E-state index contributed by atoms with van der Waals surface area (Å²) in [4.78, 5) is 2.35. The molecule has 1 saturated carbocycles. The van der Waals surface area contributed by atoms with E-state index >= 15 is 0 Å². The van der Waals surface area contributed by atoms with Gasteiger partial charge in [0.05, 0.1) is 6.10 Å². The van der Waals surface area contributed by atoms with Crippen LogP contribution >= 0.6 is 15.9 Å². The molecule has 1 fully saturated rings. The average molecular weight is 312 g/mol. The lowest BCUT2D eigenvalue weighted by atomic mass is 9.85. The number of rotatable bonds is 6. The Morgan fingerprint density at radius 2 is 2.00 bits per heavy atom. The van der Waals surface area contributed by atoms with Crippen molar-refractivity contribution in [3.8, 4) is 0 Å². The first-order chi connectivity index (χ1) is 8.65. The van der Waals surface area contributed by atoms with Crippen molar-refractivity contribution in [1.82, 2.24) is 4.90 Å². The van der Waals surface area contributed by atoms with Crippen LogP contribution in [0.1, 0.15) is 37.4 Å². The summed E-state index contributed by atoms with van der Waals surface area (Å²) < 4.78 is 1.06. The van der Waals surface area contributed by atoms with Crippen molar-refractivity contribution in [3.63, 3.8) is 0 Å². The Hall–Kier alpha value is -0.380. The molecule has 0 bridgehead atoms. The third-order valence-corrected chi connectivity index (χ3v) is 4.36. The summed E-state index contributed by atoms with van der Waals surface area (Å²) in [5.41, 5.74) is 1.01. The highest BCUT2D eigenvalue weighted by Gasteiger charge is 2.19. The van der Waals surface area contributed by atoms with Gasteiger partial charge in [-0.25, -0.2) is 0 Å². The molecule has 3 heteroatoms. The van der Waals surface area contributed by atoms with Gasteiger partial charge < -0.3 is 10.0 Å². The van der Waals surface area contributed by atoms with Gasteiger partial charge in [0.25, 0.3) is 0 Å². The molecular weight excluding hydrogens is 290 g/mol. The van der Waals surface area contributed by atoms with Gasteiger partial charge in [-0.15, -0.1) is 0 Å². The summed E-state index contributed by atoms with van der Waals surface area (Å²) >= 11 is 3.41. The van der Waals surface area contributed by atoms with Gasteiger partial charge in [-0.2, -0.15) is 0 Å². The van der Waals surface area contributed by atoms with Crippen LogP contribution in [0.25, 0.3) is 0 Å². The van der Waals surface area contributed by atoms with Crippen LogP contribution in [0.2, 0.25) is 0 Å². The van der Waals surface area contributed by atoms with Crippen molar-refractivity contribution in [2.24, 2.45) is 5.92 Å². The molecule has 0 heterocycles. The first kappa shape index (κ1) is 14.0. The van der Waals surface area contributed by atoms with E-state index in [0.29, 0.717) is 0 Å². The Morgan fingerprint density at radius 3 is 2.56 bits per heavy atom. The smallest absolute Gasteiger partial charge is 0.0802 e. The number of hydrogen-bond donors (Lipinski definition) is 1. The van der Waals surface area contributed by atoms with Gasteiger partial charge in [0, 0.05) is 17.6 Å². The summed E-state index contributed by atoms with van der Waals surface area (Å²) in [5.74, 6) is 0.903. The van der Waals surface area contributed by atoms with E-state index in [1.54, 1.807) is 0 Å². The lowest BCUT2D eigenvalue weighted by Gasteiger charge is -2.30. The molecule has 0 saturated heterocycles. The lowest BCUT2D eigenvalue weighted by Crippen LogP contribution is -2.30. The SMILES string of the molecule is CN(CCC(O)c1ccc(Br)cc1)CC1CCC1. The van der Waals surface area contributed by atoms with Gasteiger partial charge in [0.15, 0.2) is 0 Å². The highest BCUT2D eigenvalue weighted by molar-refractivity contribution is 9.10. The minimum absolute atomic E-state index is 0.345. The maximum absolute atomic E-state index is 10.1. The van der Waals surface area contributed by atoms with Gasteiger partial charge in [-0.05, 0) is 49.9 Å². The Balaban J connectivity index is 1.73. The second-order valence-electron chi connectivity index (χ2n) is 5.42. The van der Waals surface area contributed by atoms with Crippen LogP contribution in [0.15, 0.2) is 28.7 Å². The molecule has 0 amide bonds. The van der Waals surface area contributed by atoms with Gasteiger partial charge in [-0.1, -0.05) is 34.5 Å². The molecule has 1 aromatic rings. The highest BCUT2D eigenvalue weighted by Crippen LogP contribution is 2.27. The van der Waals surface area contributed by atoms with Crippen molar-refractivity contribution in [2.45, 2.75) is 31.8 Å². The zero-order valence-corrected chi connectivity index (χ0v) is 12.6. The van der Waals surface area contributed by atoms with E-state index in [9.17, 15) is 5.11 Å². The van der Waals surface area contributed by atoms with Gasteiger partial charge in [0.2, 0.25) is 0 Å². The van der Waals surface area contributed by atoms with Crippen LogP contribution in [0.5, 0.6) is 0 Å². The zero-order valence-electron chi connectivity index (χ0n) is 11.0. The number of aliphatic hydroxyl groups is 1. The number of aliphatic hydroxyl groups excluding tert-OH is 1. The Morgan fingerprint density at radius 1 is 1.33 bits per heavy atom. The third kappa shape index (κ3) is 4.08. The molecule has 18 heavy (non-hydrogen) atoms. The predicted molar refractivity (Wildman–Crippen MR) is 78.6 cm³/mol. The molecule has 1 atom stereocenters. The van der Waals surface area contributed by atoms with E-state index in [4.69, 9.17) is 0 Å². The van der Waals surface area contributed by atoms with Crippen molar-refractivity contribution < 1.29 is 5.11 Å². The van der Waals surface area contributed by atoms with E-state index in [-0.39, 0.29) is 6.10 Å². The lowest BCUT2D eigenvalue weighted by molar-refractivity contribution is 0.135. The van der Waals surface area contributed by atoms with Crippen molar-refractivity contribution in [3.05, 3.63) is 34.3 Å². The first-order valence-corrected chi connectivity index (χ1v) is 7.56. The van der Waals surface area contributed by atoms with E-state index in [1.165, 1.54) is 25.8 Å². The second kappa shape index (κ2) is 6.69. The fourth-order valence-corrected chi connectivity index (χ4v) is 2.67. The van der Waals surface area contributed by atoms with Crippen LogP contribution in [0, 0.1) is 5.92 Å². The molecule has 1 N–H and O–H groups in total. The Labute approximate surface area is 118 Å². The van der Waals surface area contributed by atoms with Crippen molar-refractivity contribution in [1.29, 1.82) is 0 Å². The molecule has 1 aliphatic carbocycles. The topological polar surface area (TPSA) is 23.5 Å². The summed E-state index contributed by atoms with van der Waals surface area (Å²) in [5, 5.41) is 10.1. The maximum atomic E-state index is 10.1. The van der Waals surface area contributed by atoms with Crippen molar-refractivity contribution in [2.75, 3.05) is 20.1 Å². The molecule has 2 nitrogen and oxygen atoms in total. The maximum Gasteiger partial charge on any atom is 0.0802 e. The predicted octanol–water partition coefficient (Wildman–Crippen LogP) is 3.60. The van der Waals surface area contributed by atoms with Crippen LogP contribution < -0.4 is 0 Å². The Kier molecular flexibility index (Phi) is 5.22. The van der Waals surface area contributed by atoms with E-state index in [0.717, 1.165) is 28.9 Å². The van der Waals surface area contributed by atoms with E-state index in [1.807, 2.05) is 24.3 Å². The van der Waals surface area contributed by atoms with Gasteiger partial charge in [-0.3, -0.25) is 0 Å². The fraction of sp³-hybridized carbons (Fsp3) is 0.600. The zero-order chi connectivity index (χ0) is 13.0. The molecule has 0 aliphatic heterocycles. The summed E-state index contributed by atoms with van der Waals surface area (Å²) in [6, 6.07) is 7.94. The molecule has 2 rings (SSSR count). The number of nitrogens with zero attached hydrogens (tertiary/aromatic N) is 1. The van der Waals surface area contributed by atoms with Gasteiger partial charge in [0.1, 0.15) is 0 Å². The Bertz CT molecular complexity index is 361.